The number of carboxylic acid groups (broad SMARTS) is 1. The molecule has 0 saturated heterocycles. The predicted octanol–water partition coefficient (Wildman–Crippen LogP) is 8.31. The van der Waals surface area contributed by atoms with E-state index in [1.165, 1.54) is 22.0 Å². The minimum absolute atomic E-state index is 0.0531. The zero-order chi connectivity index (χ0) is 25.9. The average Bonchev–Trinajstić information content (AvgIpc) is 3.48. The summed E-state index contributed by atoms with van der Waals surface area (Å²) in [6, 6.07) is 6.18. The maximum Gasteiger partial charge on any atom is 0.348 e. The molecule has 2 aromatic rings. The van der Waals surface area contributed by atoms with Crippen LogP contribution in [-0.2, 0) is 4.79 Å². The summed E-state index contributed by atoms with van der Waals surface area (Å²) in [5.41, 5.74) is 0.0519. The van der Waals surface area contributed by atoms with Crippen LogP contribution in [0.25, 0.3) is 0 Å². The first kappa shape index (κ1) is 27.3. The van der Waals surface area contributed by atoms with E-state index in [1.54, 1.807) is 6.92 Å². The van der Waals surface area contributed by atoms with Crippen LogP contribution in [0.5, 0.6) is 0 Å². The van der Waals surface area contributed by atoms with Gasteiger partial charge in [0, 0.05) is 17.6 Å². The molecule has 2 aromatic heterocycles. The molecule has 4 nitrogen and oxygen atoms in total. The number of nitrogens with zero attached hydrogens (tertiary/aromatic N) is 1. The van der Waals surface area contributed by atoms with Crippen molar-refractivity contribution < 1.29 is 14.7 Å². The lowest BCUT2D eigenvalue weighted by Crippen LogP contribution is -2.58. The third kappa shape index (κ3) is 6.20. The van der Waals surface area contributed by atoms with Crippen LogP contribution < -0.4 is 4.90 Å². The molecule has 2 aliphatic rings. The van der Waals surface area contributed by atoms with Crippen molar-refractivity contribution in [1.29, 1.82) is 0 Å². The largest absolute Gasteiger partial charge is 0.477 e. The van der Waals surface area contributed by atoms with E-state index in [2.05, 4.69) is 29.4 Å². The minimum Gasteiger partial charge on any atom is -0.477 e. The van der Waals surface area contributed by atoms with E-state index in [9.17, 15) is 14.7 Å². The highest BCUT2D eigenvalue weighted by Gasteiger charge is 2.48. The summed E-state index contributed by atoms with van der Waals surface area (Å²) in [5.74, 6) is 5.75. The van der Waals surface area contributed by atoms with Crippen molar-refractivity contribution >= 4 is 52.0 Å². The molecule has 0 atom stereocenters. The Hall–Kier alpha value is -1.75. The van der Waals surface area contributed by atoms with Crippen LogP contribution in [-0.4, -0.2) is 27.8 Å². The van der Waals surface area contributed by atoms with Crippen LogP contribution in [0.1, 0.15) is 100 Å². The minimum atomic E-state index is -0.980. The Morgan fingerprint density at radius 2 is 1.83 bits per heavy atom. The first-order valence-corrected chi connectivity index (χ1v) is 15.6. The first-order valence-electron chi connectivity index (χ1n) is 13.0. The zero-order valence-corrected chi connectivity index (χ0v) is 24.2. The molecule has 2 saturated carbocycles. The standard InChI is InChI=1S/C29H37NO3S3/c1-20(31)30(24-19-23(14-17-28(2,3)4)36-26(24)27(32)33)29(15-6-5-7-16-29)21-10-12-22(13-11-21)35-25-9-8-18-34-25/h8-9,18-19,21-22H,5-7,10-13,15-16H2,1-4H3,(H,32,33). The van der Waals surface area contributed by atoms with Gasteiger partial charge in [0.15, 0.2) is 0 Å². The van der Waals surface area contributed by atoms with Crippen molar-refractivity contribution in [3.63, 3.8) is 0 Å². The fourth-order valence-electron chi connectivity index (χ4n) is 5.93. The number of carbonyl (C=O) groups is 2. The Bertz CT molecular complexity index is 1120. The normalized spacial score (nSPS) is 21.9. The van der Waals surface area contributed by atoms with Gasteiger partial charge in [0.25, 0.3) is 0 Å². The molecular formula is C29H37NO3S3. The van der Waals surface area contributed by atoms with Crippen molar-refractivity contribution in [2.75, 3.05) is 4.90 Å². The fourth-order valence-corrected chi connectivity index (χ4v) is 9.00. The molecule has 0 radical (unpaired) electrons. The zero-order valence-electron chi connectivity index (χ0n) is 21.8. The molecule has 194 valence electrons. The van der Waals surface area contributed by atoms with Gasteiger partial charge in [-0.2, -0.15) is 0 Å². The topological polar surface area (TPSA) is 57.6 Å². The second kappa shape index (κ2) is 11.3. The van der Waals surface area contributed by atoms with Gasteiger partial charge in [-0.05, 0) is 82.7 Å². The summed E-state index contributed by atoms with van der Waals surface area (Å²) < 4.78 is 1.38. The van der Waals surface area contributed by atoms with E-state index in [1.807, 2.05) is 54.8 Å². The van der Waals surface area contributed by atoms with Crippen molar-refractivity contribution in [2.45, 2.75) is 100 Å². The highest BCUT2D eigenvalue weighted by atomic mass is 32.2. The van der Waals surface area contributed by atoms with Gasteiger partial charge in [-0.3, -0.25) is 4.79 Å². The van der Waals surface area contributed by atoms with E-state index in [-0.39, 0.29) is 21.7 Å². The fraction of sp³-hybridized carbons (Fsp3) is 0.586. The van der Waals surface area contributed by atoms with Gasteiger partial charge in [-0.25, -0.2) is 4.79 Å². The van der Waals surface area contributed by atoms with E-state index < -0.39 is 5.97 Å². The summed E-state index contributed by atoms with van der Waals surface area (Å²) in [6.07, 6.45) is 9.65. The Kier molecular flexibility index (Phi) is 8.59. The van der Waals surface area contributed by atoms with Gasteiger partial charge in [0.2, 0.25) is 5.91 Å². The molecule has 0 unspecified atom stereocenters. The summed E-state index contributed by atoms with van der Waals surface area (Å²) in [6.45, 7) is 7.73. The molecule has 7 heteroatoms. The van der Waals surface area contributed by atoms with Crippen LogP contribution in [0.3, 0.4) is 0 Å². The molecule has 0 aliphatic heterocycles. The van der Waals surface area contributed by atoms with E-state index in [0.29, 0.717) is 21.7 Å². The average molecular weight is 544 g/mol. The number of thioether (sulfide) groups is 1. The lowest BCUT2D eigenvalue weighted by molar-refractivity contribution is -0.118. The van der Waals surface area contributed by atoms with Crippen molar-refractivity contribution in [2.24, 2.45) is 11.3 Å². The molecule has 0 bridgehead atoms. The van der Waals surface area contributed by atoms with Crippen LogP contribution in [0.4, 0.5) is 5.69 Å². The molecule has 0 aromatic carbocycles. The predicted molar refractivity (Wildman–Crippen MR) is 153 cm³/mol. The summed E-state index contributed by atoms with van der Waals surface area (Å²) in [4.78, 5) is 28.6. The van der Waals surface area contributed by atoms with E-state index in [0.717, 1.165) is 51.4 Å². The van der Waals surface area contributed by atoms with Gasteiger partial charge in [-0.1, -0.05) is 37.2 Å². The quantitative estimate of drug-likeness (QED) is 0.372. The molecule has 2 fully saturated rings. The molecule has 1 amide bonds. The van der Waals surface area contributed by atoms with E-state index in [4.69, 9.17) is 0 Å². The number of anilines is 1. The number of carboxylic acids is 1. The Balaban J connectivity index is 1.67. The van der Waals surface area contributed by atoms with Gasteiger partial charge < -0.3 is 10.0 Å². The molecule has 0 spiro atoms. The van der Waals surface area contributed by atoms with Crippen molar-refractivity contribution in [1.82, 2.24) is 0 Å². The monoisotopic (exact) mass is 543 g/mol. The number of rotatable bonds is 6. The second-order valence-electron chi connectivity index (χ2n) is 11.2. The smallest absolute Gasteiger partial charge is 0.348 e. The van der Waals surface area contributed by atoms with Crippen LogP contribution in [0, 0.1) is 23.2 Å². The van der Waals surface area contributed by atoms with Crippen LogP contribution in [0.2, 0.25) is 0 Å². The van der Waals surface area contributed by atoms with Crippen molar-refractivity contribution in [3.8, 4) is 11.8 Å². The molecule has 36 heavy (non-hydrogen) atoms. The maximum absolute atomic E-state index is 13.4. The number of thiophene rings is 2. The lowest BCUT2D eigenvalue weighted by Gasteiger charge is -2.52. The van der Waals surface area contributed by atoms with Crippen LogP contribution >= 0.6 is 34.4 Å². The molecular weight excluding hydrogens is 507 g/mol. The summed E-state index contributed by atoms with van der Waals surface area (Å²) in [7, 11) is 0. The Labute approximate surface area is 227 Å². The first-order chi connectivity index (χ1) is 17.1. The molecule has 4 rings (SSSR count). The highest BCUT2D eigenvalue weighted by molar-refractivity contribution is 8.01. The summed E-state index contributed by atoms with van der Waals surface area (Å²) >= 11 is 5.00. The number of amides is 1. The van der Waals surface area contributed by atoms with Gasteiger partial charge in [0.1, 0.15) is 4.88 Å². The molecule has 2 aliphatic carbocycles. The number of aromatic carboxylic acids is 1. The number of hydrogen-bond acceptors (Lipinski definition) is 5. The van der Waals surface area contributed by atoms with Crippen molar-refractivity contribution in [3.05, 3.63) is 33.3 Å². The van der Waals surface area contributed by atoms with Gasteiger partial charge in [-0.15, -0.1) is 34.4 Å². The van der Waals surface area contributed by atoms with E-state index >= 15 is 0 Å². The highest BCUT2D eigenvalue weighted by Crippen LogP contribution is 2.50. The second-order valence-corrected chi connectivity index (χ2v) is 14.8. The number of hydrogen-bond donors (Lipinski definition) is 1. The maximum atomic E-state index is 13.4. The summed E-state index contributed by atoms with van der Waals surface area (Å²) in [5, 5.41) is 12.9. The van der Waals surface area contributed by atoms with Gasteiger partial charge in [0.05, 0.1) is 20.3 Å². The molecule has 2 heterocycles. The number of carbonyl (C=O) groups excluding carboxylic acids is 1. The third-order valence-corrected chi connectivity index (χ3v) is 10.8. The third-order valence-electron chi connectivity index (χ3n) is 7.40. The van der Waals surface area contributed by atoms with Gasteiger partial charge >= 0.3 is 5.97 Å². The van der Waals surface area contributed by atoms with Crippen LogP contribution in [0.15, 0.2) is 27.8 Å². The lowest BCUT2D eigenvalue weighted by atomic mass is 9.66. The SMILES string of the molecule is CC(=O)N(c1cc(C#CC(C)(C)C)sc1C(=O)O)C1(C2CCC(Sc3cccs3)CC2)CCCCC1. The Morgan fingerprint density at radius 1 is 1.14 bits per heavy atom. The molecule has 1 N–H and O–H groups in total. The Morgan fingerprint density at radius 3 is 2.39 bits per heavy atom.